The molecule has 4 heteroatoms. The van der Waals surface area contributed by atoms with Gasteiger partial charge in [0.1, 0.15) is 0 Å². The summed E-state index contributed by atoms with van der Waals surface area (Å²) in [7, 11) is 0. The first kappa shape index (κ1) is 8.56. The second-order valence-electron chi connectivity index (χ2n) is 2.87. The standard InChI is InChI=1S/C9H10N2OS/c12-10-11-6-3-7-13-9-5-2-1-4-8(9)11/h1-2,4-5H,3,6-7H2. The fourth-order valence-electron chi connectivity index (χ4n) is 1.39. The van der Waals surface area contributed by atoms with Gasteiger partial charge in [0.2, 0.25) is 0 Å². The fourth-order valence-corrected chi connectivity index (χ4v) is 2.38. The van der Waals surface area contributed by atoms with E-state index >= 15 is 0 Å². The van der Waals surface area contributed by atoms with E-state index in [1.165, 1.54) is 5.01 Å². The summed E-state index contributed by atoms with van der Waals surface area (Å²) >= 11 is 1.79. The van der Waals surface area contributed by atoms with Gasteiger partial charge in [-0.3, -0.25) is 0 Å². The van der Waals surface area contributed by atoms with E-state index < -0.39 is 0 Å². The third-order valence-corrected chi connectivity index (χ3v) is 3.16. The third-order valence-electron chi connectivity index (χ3n) is 2.01. The van der Waals surface area contributed by atoms with Gasteiger partial charge in [-0.1, -0.05) is 12.1 Å². The Labute approximate surface area is 81.1 Å². The highest BCUT2D eigenvalue weighted by atomic mass is 32.2. The topological polar surface area (TPSA) is 32.7 Å². The Balaban J connectivity index is 2.41. The molecular formula is C9H10N2OS. The van der Waals surface area contributed by atoms with Gasteiger partial charge < -0.3 is 0 Å². The molecule has 0 saturated carbocycles. The molecule has 0 aliphatic carbocycles. The Hall–Kier alpha value is -1.03. The van der Waals surface area contributed by atoms with Crippen LogP contribution in [0.15, 0.2) is 34.4 Å². The van der Waals surface area contributed by atoms with Gasteiger partial charge in [-0.05, 0) is 24.3 Å². The molecule has 0 unspecified atom stereocenters. The van der Waals surface area contributed by atoms with Gasteiger partial charge in [-0.2, -0.15) is 0 Å². The van der Waals surface area contributed by atoms with E-state index in [0.29, 0.717) is 0 Å². The van der Waals surface area contributed by atoms with Crippen LogP contribution in [-0.2, 0) is 0 Å². The molecule has 0 atom stereocenters. The summed E-state index contributed by atoms with van der Waals surface area (Å²) in [4.78, 5) is 11.7. The van der Waals surface area contributed by atoms with E-state index in [4.69, 9.17) is 0 Å². The van der Waals surface area contributed by atoms with E-state index in [1.807, 2.05) is 24.3 Å². The SMILES string of the molecule is O=NN1CCCSc2ccccc21. The van der Waals surface area contributed by atoms with Gasteiger partial charge in [-0.25, -0.2) is 5.01 Å². The summed E-state index contributed by atoms with van der Waals surface area (Å²) < 4.78 is 0. The molecule has 13 heavy (non-hydrogen) atoms. The number of fused-ring (bicyclic) bond motifs is 1. The van der Waals surface area contributed by atoms with Crippen LogP contribution in [0.4, 0.5) is 5.69 Å². The molecule has 2 rings (SSSR count). The van der Waals surface area contributed by atoms with Gasteiger partial charge in [-0.15, -0.1) is 16.7 Å². The molecule has 1 aromatic carbocycles. The molecule has 0 amide bonds. The Bertz CT molecular complexity index is 316. The number of benzene rings is 1. The predicted molar refractivity (Wildman–Crippen MR) is 54.9 cm³/mol. The van der Waals surface area contributed by atoms with Gasteiger partial charge in [0.15, 0.2) is 0 Å². The molecule has 1 aromatic rings. The molecule has 0 aromatic heterocycles. The number of hydrogen-bond acceptors (Lipinski definition) is 3. The maximum Gasteiger partial charge on any atom is 0.0761 e. The number of hydrogen-bond donors (Lipinski definition) is 0. The van der Waals surface area contributed by atoms with Crippen LogP contribution in [0.1, 0.15) is 6.42 Å². The first-order valence-electron chi connectivity index (χ1n) is 4.24. The molecule has 1 aliphatic rings. The van der Waals surface area contributed by atoms with Crippen molar-refractivity contribution in [1.82, 2.24) is 0 Å². The Morgan fingerprint density at radius 2 is 2.23 bits per heavy atom. The average Bonchev–Trinajstić information content (AvgIpc) is 2.39. The van der Waals surface area contributed by atoms with Crippen molar-refractivity contribution in [1.29, 1.82) is 0 Å². The Morgan fingerprint density at radius 3 is 3.08 bits per heavy atom. The molecule has 68 valence electrons. The number of para-hydroxylation sites is 1. The van der Waals surface area contributed by atoms with E-state index in [0.717, 1.165) is 29.3 Å². The zero-order valence-corrected chi connectivity index (χ0v) is 7.96. The molecule has 0 saturated heterocycles. The maximum atomic E-state index is 10.5. The first-order chi connectivity index (χ1) is 6.42. The van der Waals surface area contributed by atoms with Crippen molar-refractivity contribution < 1.29 is 0 Å². The Morgan fingerprint density at radius 1 is 1.38 bits per heavy atom. The van der Waals surface area contributed by atoms with Crippen LogP contribution in [0, 0.1) is 4.91 Å². The highest BCUT2D eigenvalue weighted by molar-refractivity contribution is 7.99. The van der Waals surface area contributed by atoms with Crippen molar-refractivity contribution in [2.45, 2.75) is 11.3 Å². The summed E-state index contributed by atoms with van der Waals surface area (Å²) in [5.74, 6) is 1.06. The molecule has 0 spiro atoms. The monoisotopic (exact) mass is 194 g/mol. The van der Waals surface area contributed by atoms with E-state index in [9.17, 15) is 4.91 Å². The van der Waals surface area contributed by atoms with E-state index in [1.54, 1.807) is 11.8 Å². The summed E-state index contributed by atoms with van der Waals surface area (Å²) in [5.41, 5.74) is 0.944. The smallest absolute Gasteiger partial charge is 0.0761 e. The lowest BCUT2D eigenvalue weighted by molar-refractivity contribution is 0.808. The lowest BCUT2D eigenvalue weighted by Crippen LogP contribution is -2.15. The molecule has 3 nitrogen and oxygen atoms in total. The van der Waals surface area contributed by atoms with E-state index in [-0.39, 0.29) is 0 Å². The first-order valence-corrected chi connectivity index (χ1v) is 5.23. The summed E-state index contributed by atoms with van der Waals surface area (Å²) in [6.07, 6.45) is 1.01. The molecule has 1 aliphatic heterocycles. The van der Waals surface area contributed by atoms with Crippen LogP contribution >= 0.6 is 11.8 Å². The molecule has 0 fully saturated rings. The highest BCUT2D eigenvalue weighted by Crippen LogP contribution is 2.33. The van der Waals surface area contributed by atoms with Crippen molar-refractivity contribution >= 4 is 17.4 Å². The predicted octanol–water partition coefficient (Wildman–Crippen LogP) is 2.67. The van der Waals surface area contributed by atoms with Crippen LogP contribution in [0.5, 0.6) is 0 Å². The second-order valence-corrected chi connectivity index (χ2v) is 4.01. The quantitative estimate of drug-likeness (QED) is 0.644. The molecule has 0 bridgehead atoms. The van der Waals surface area contributed by atoms with Crippen molar-refractivity contribution in [2.24, 2.45) is 5.29 Å². The van der Waals surface area contributed by atoms with Gasteiger partial charge >= 0.3 is 0 Å². The summed E-state index contributed by atoms with van der Waals surface area (Å²) in [6, 6.07) is 7.89. The van der Waals surface area contributed by atoms with Crippen molar-refractivity contribution in [2.75, 3.05) is 17.3 Å². The molecule has 1 heterocycles. The maximum absolute atomic E-state index is 10.5. The molecule has 0 radical (unpaired) electrons. The molecule has 0 N–H and O–H groups in total. The fraction of sp³-hybridized carbons (Fsp3) is 0.333. The second kappa shape index (κ2) is 3.79. The summed E-state index contributed by atoms with van der Waals surface area (Å²) in [5, 5.41) is 4.56. The van der Waals surface area contributed by atoms with Crippen molar-refractivity contribution in [3.63, 3.8) is 0 Å². The molecular weight excluding hydrogens is 184 g/mol. The largest absolute Gasteiger partial charge is 0.228 e. The lowest BCUT2D eigenvalue weighted by atomic mass is 10.3. The van der Waals surface area contributed by atoms with Crippen LogP contribution < -0.4 is 5.01 Å². The van der Waals surface area contributed by atoms with Gasteiger partial charge in [0, 0.05) is 11.4 Å². The zero-order chi connectivity index (χ0) is 9.10. The van der Waals surface area contributed by atoms with Crippen LogP contribution in [0.25, 0.3) is 0 Å². The number of rotatable bonds is 1. The van der Waals surface area contributed by atoms with Gasteiger partial charge in [0.25, 0.3) is 0 Å². The minimum Gasteiger partial charge on any atom is -0.228 e. The number of thioether (sulfide) groups is 1. The van der Waals surface area contributed by atoms with Crippen LogP contribution in [-0.4, -0.2) is 12.3 Å². The number of nitroso groups, excluding NO2 is 1. The van der Waals surface area contributed by atoms with Crippen molar-refractivity contribution in [3.8, 4) is 0 Å². The normalized spacial score (nSPS) is 16.2. The number of nitrogens with zero attached hydrogens (tertiary/aromatic N) is 2. The third kappa shape index (κ3) is 1.67. The van der Waals surface area contributed by atoms with E-state index in [2.05, 4.69) is 5.29 Å². The van der Waals surface area contributed by atoms with Crippen LogP contribution in [0.3, 0.4) is 0 Å². The minimum absolute atomic E-state index is 0.730. The summed E-state index contributed by atoms with van der Waals surface area (Å²) in [6.45, 7) is 0.730. The van der Waals surface area contributed by atoms with Gasteiger partial charge in [0.05, 0.1) is 11.0 Å². The zero-order valence-electron chi connectivity index (χ0n) is 7.14. The minimum atomic E-state index is 0.730. The highest BCUT2D eigenvalue weighted by Gasteiger charge is 2.14. The van der Waals surface area contributed by atoms with Crippen molar-refractivity contribution in [3.05, 3.63) is 29.2 Å². The number of anilines is 1. The lowest BCUT2D eigenvalue weighted by Gasteiger charge is -2.13. The average molecular weight is 194 g/mol. The van der Waals surface area contributed by atoms with Crippen LogP contribution in [0.2, 0.25) is 0 Å². The Kier molecular flexibility index (Phi) is 2.49.